The summed E-state index contributed by atoms with van der Waals surface area (Å²) in [5, 5.41) is 17.8. The van der Waals surface area contributed by atoms with E-state index in [1.54, 1.807) is 24.3 Å². The van der Waals surface area contributed by atoms with E-state index in [0.29, 0.717) is 23.5 Å². The lowest BCUT2D eigenvalue weighted by Crippen LogP contribution is -2.28. The van der Waals surface area contributed by atoms with Crippen molar-refractivity contribution in [3.8, 4) is 5.75 Å². The third-order valence-corrected chi connectivity index (χ3v) is 3.63. The molecule has 0 unspecified atom stereocenters. The van der Waals surface area contributed by atoms with E-state index in [1.165, 1.54) is 25.1 Å². The zero-order chi connectivity index (χ0) is 20.0. The molecule has 2 aromatic carbocycles. The lowest BCUT2D eigenvalue weighted by atomic mass is 10.1. The van der Waals surface area contributed by atoms with Crippen molar-refractivity contribution in [1.82, 2.24) is 5.32 Å². The van der Waals surface area contributed by atoms with E-state index < -0.39 is 5.91 Å². The summed E-state index contributed by atoms with van der Waals surface area (Å²) in [6, 6.07) is 10.6. The molecule has 0 saturated carbocycles. The number of hydrogen-bond donors (Lipinski definition) is 4. The summed E-state index contributed by atoms with van der Waals surface area (Å²) < 4.78 is 0. The molecule has 4 N–H and O–H groups in total. The van der Waals surface area contributed by atoms with Crippen LogP contribution in [0.2, 0.25) is 0 Å². The van der Waals surface area contributed by atoms with Gasteiger partial charge in [0.15, 0.2) is 0 Å². The van der Waals surface area contributed by atoms with Crippen LogP contribution < -0.4 is 16.0 Å². The Kier molecular flexibility index (Phi) is 6.54. The van der Waals surface area contributed by atoms with Crippen molar-refractivity contribution in [3.63, 3.8) is 0 Å². The van der Waals surface area contributed by atoms with Gasteiger partial charge in [-0.1, -0.05) is 13.8 Å². The summed E-state index contributed by atoms with van der Waals surface area (Å²) in [5.74, 6) is -0.786. The van der Waals surface area contributed by atoms with Crippen LogP contribution in [0, 0.1) is 5.92 Å². The number of benzene rings is 2. The van der Waals surface area contributed by atoms with Gasteiger partial charge in [0, 0.05) is 24.7 Å². The van der Waals surface area contributed by atoms with E-state index in [4.69, 9.17) is 0 Å². The summed E-state index contributed by atoms with van der Waals surface area (Å²) in [7, 11) is 0. The van der Waals surface area contributed by atoms with Crippen LogP contribution in [0.1, 0.15) is 41.5 Å². The van der Waals surface area contributed by atoms with Gasteiger partial charge in [-0.15, -0.1) is 0 Å². The zero-order valence-corrected chi connectivity index (χ0v) is 15.5. The number of carbonyl (C=O) groups excluding carboxylic acids is 3. The van der Waals surface area contributed by atoms with Gasteiger partial charge in [0.1, 0.15) is 5.75 Å². The Morgan fingerprint density at radius 3 is 2.22 bits per heavy atom. The van der Waals surface area contributed by atoms with Crippen molar-refractivity contribution in [2.45, 2.75) is 20.8 Å². The van der Waals surface area contributed by atoms with Gasteiger partial charge >= 0.3 is 0 Å². The molecule has 2 rings (SSSR count). The molecule has 0 bridgehead atoms. The Bertz CT molecular complexity index is 845. The van der Waals surface area contributed by atoms with Gasteiger partial charge in [0.2, 0.25) is 5.91 Å². The molecule has 27 heavy (non-hydrogen) atoms. The Morgan fingerprint density at radius 1 is 0.963 bits per heavy atom. The van der Waals surface area contributed by atoms with Crippen LogP contribution in [0.3, 0.4) is 0 Å². The summed E-state index contributed by atoms with van der Waals surface area (Å²) in [6.07, 6.45) is 0. The minimum Gasteiger partial charge on any atom is -0.508 e. The molecule has 0 aromatic heterocycles. The molecule has 0 saturated heterocycles. The highest BCUT2D eigenvalue weighted by Crippen LogP contribution is 2.22. The molecule has 0 aliphatic heterocycles. The number of carbonyl (C=O) groups is 3. The lowest BCUT2D eigenvalue weighted by molar-refractivity contribution is -0.114. The third-order valence-electron chi connectivity index (χ3n) is 3.63. The number of rotatable bonds is 6. The van der Waals surface area contributed by atoms with Crippen molar-refractivity contribution in [2.24, 2.45) is 5.92 Å². The SMILES string of the molecule is CC(=O)Nc1ccc(C(=O)Nc2ccc(O)cc2C(=O)NCC(C)C)cc1. The molecule has 0 heterocycles. The van der Waals surface area contributed by atoms with E-state index in [9.17, 15) is 19.5 Å². The molecule has 142 valence electrons. The van der Waals surface area contributed by atoms with Crippen LogP contribution in [0.25, 0.3) is 0 Å². The van der Waals surface area contributed by atoms with Crippen molar-refractivity contribution >= 4 is 29.1 Å². The van der Waals surface area contributed by atoms with Crippen LogP contribution in [0.15, 0.2) is 42.5 Å². The van der Waals surface area contributed by atoms with Gasteiger partial charge in [0.05, 0.1) is 11.3 Å². The second kappa shape index (κ2) is 8.84. The standard InChI is InChI=1S/C20H23N3O4/c1-12(2)11-21-20(27)17-10-16(25)8-9-18(17)23-19(26)14-4-6-15(7-5-14)22-13(3)24/h4-10,12,25H,11H2,1-3H3,(H,21,27)(H,22,24)(H,23,26). The van der Waals surface area contributed by atoms with Crippen LogP contribution in [-0.2, 0) is 4.79 Å². The van der Waals surface area contributed by atoms with E-state index in [1.807, 2.05) is 13.8 Å². The smallest absolute Gasteiger partial charge is 0.255 e. The largest absolute Gasteiger partial charge is 0.508 e. The zero-order valence-electron chi connectivity index (χ0n) is 15.5. The van der Waals surface area contributed by atoms with Gasteiger partial charge < -0.3 is 21.1 Å². The summed E-state index contributed by atoms with van der Waals surface area (Å²) in [5.41, 5.74) is 1.42. The molecule has 0 atom stereocenters. The first-order chi connectivity index (χ1) is 12.8. The number of phenols is 1. The summed E-state index contributed by atoms with van der Waals surface area (Å²) >= 11 is 0. The molecule has 0 aliphatic carbocycles. The highest BCUT2D eigenvalue weighted by Gasteiger charge is 2.15. The molecule has 7 heteroatoms. The predicted molar refractivity (Wildman–Crippen MR) is 104 cm³/mol. The van der Waals surface area contributed by atoms with Crippen LogP contribution in [0.5, 0.6) is 5.75 Å². The maximum absolute atomic E-state index is 12.5. The topological polar surface area (TPSA) is 108 Å². The normalized spacial score (nSPS) is 10.4. The predicted octanol–water partition coefficient (Wildman–Crippen LogP) is 2.99. The van der Waals surface area contributed by atoms with E-state index in [2.05, 4.69) is 16.0 Å². The van der Waals surface area contributed by atoms with Gasteiger partial charge in [-0.25, -0.2) is 0 Å². The second-order valence-corrected chi connectivity index (χ2v) is 6.55. The average Bonchev–Trinajstić information content (AvgIpc) is 2.61. The number of phenolic OH excluding ortho intramolecular Hbond substituents is 1. The Balaban J connectivity index is 2.17. The summed E-state index contributed by atoms with van der Waals surface area (Å²) in [4.78, 5) is 35.9. The number of nitrogens with one attached hydrogen (secondary N) is 3. The fraction of sp³-hybridized carbons (Fsp3) is 0.250. The van der Waals surface area contributed by atoms with Crippen LogP contribution >= 0.6 is 0 Å². The molecule has 0 aliphatic rings. The van der Waals surface area contributed by atoms with Crippen molar-refractivity contribution in [3.05, 3.63) is 53.6 Å². The average molecular weight is 369 g/mol. The first kappa shape index (κ1) is 20.0. The molecular formula is C20H23N3O4. The first-order valence-corrected chi connectivity index (χ1v) is 8.56. The Morgan fingerprint density at radius 2 is 1.63 bits per heavy atom. The molecule has 7 nitrogen and oxygen atoms in total. The highest BCUT2D eigenvalue weighted by atomic mass is 16.3. The fourth-order valence-electron chi connectivity index (χ4n) is 2.32. The molecule has 0 radical (unpaired) electrons. The van der Waals surface area contributed by atoms with Crippen molar-refractivity contribution < 1.29 is 19.5 Å². The van der Waals surface area contributed by atoms with Crippen LogP contribution in [0.4, 0.5) is 11.4 Å². The van der Waals surface area contributed by atoms with E-state index in [0.717, 1.165) is 0 Å². The van der Waals surface area contributed by atoms with Gasteiger partial charge in [0.25, 0.3) is 11.8 Å². The van der Waals surface area contributed by atoms with Crippen LogP contribution in [-0.4, -0.2) is 29.4 Å². The van der Waals surface area contributed by atoms with Gasteiger partial charge in [-0.05, 0) is 48.4 Å². The Hall–Kier alpha value is -3.35. The maximum atomic E-state index is 12.5. The minimum atomic E-state index is -0.409. The number of aromatic hydroxyl groups is 1. The quantitative estimate of drug-likeness (QED) is 0.587. The molecule has 0 spiro atoms. The maximum Gasteiger partial charge on any atom is 0.255 e. The van der Waals surface area contributed by atoms with Crippen molar-refractivity contribution in [1.29, 1.82) is 0 Å². The Labute approximate surface area is 157 Å². The van der Waals surface area contributed by atoms with E-state index in [-0.39, 0.29) is 29.0 Å². The first-order valence-electron chi connectivity index (χ1n) is 8.56. The number of amides is 3. The molecule has 2 aromatic rings. The number of hydrogen-bond acceptors (Lipinski definition) is 4. The summed E-state index contributed by atoms with van der Waals surface area (Å²) in [6.45, 7) is 5.82. The van der Waals surface area contributed by atoms with Gasteiger partial charge in [-0.3, -0.25) is 14.4 Å². The monoisotopic (exact) mass is 369 g/mol. The number of anilines is 2. The molecular weight excluding hydrogens is 346 g/mol. The molecule has 3 amide bonds. The van der Waals surface area contributed by atoms with Gasteiger partial charge in [-0.2, -0.15) is 0 Å². The third kappa shape index (κ3) is 5.85. The minimum absolute atomic E-state index is 0.0673. The van der Waals surface area contributed by atoms with Crippen molar-refractivity contribution in [2.75, 3.05) is 17.2 Å². The molecule has 0 fully saturated rings. The fourth-order valence-corrected chi connectivity index (χ4v) is 2.32. The van der Waals surface area contributed by atoms with E-state index >= 15 is 0 Å². The highest BCUT2D eigenvalue weighted by molar-refractivity contribution is 6.09. The lowest BCUT2D eigenvalue weighted by Gasteiger charge is -2.13. The second-order valence-electron chi connectivity index (χ2n) is 6.55.